The van der Waals surface area contributed by atoms with E-state index in [0.29, 0.717) is 77.4 Å². The van der Waals surface area contributed by atoms with Crippen molar-refractivity contribution in [2.24, 2.45) is 11.8 Å². The Kier molecular flexibility index (Phi) is 11.4. The number of β-amino-alcohol motifs (C(OH)–C–C–N with tert-alkyl or cyclic N) is 1. The molecular weight excluding hydrogens is 867 g/mol. The molecular formula is C48H45N15O5. The molecule has 7 aromatic rings. The molecule has 0 spiro atoms. The largest absolute Gasteiger partial charge is 0.389 e. The second-order valence-corrected chi connectivity index (χ2v) is 17.0. The van der Waals surface area contributed by atoms with Crippen LogP contribution in [0.1, 0.15) is 51.2 Å². The standard InChI is InChI=1S/C48H45N15O5/c1-27-19-31(45(67)60-23-28(20-49)24-60)10-13-35(27)37-14-17-40(63-42(37)56-48(58-63)54-32-11-15-38(51-21-32)43(65)50-2)59(3)44(66)30-8-6-29(7-9-30)36-5-4-18-62-41(36)55-47(57-62)53-33-12-16-39(52-22-33)46(68)61-25-34(64)26-61/h4-19,21-22,27-28,34-35,43,50,64-65H,23-26H2,1-3H3,(H,53,57)(H,54,58). The van der Waals surface area contributed by atoms with Gasteiger partial charge in [0, 0.05) is 67.6 Å². The van der Waals surface area contributed by atoms with Gasteiger partial charge in [0.1, 0.15) is 17.7 Å². The lowest BCUT2D eigenvalue weighted by Crippen LogP contribution is -2.53. The number of amides is 3. The molecule has 5 N–H and O–H groups in total. The first-order valence-electron chi connectivity index (χ1n) is 22.0. The highest BCUT2D eigenvalue weighted by Crippen LogP contribution is 2.37. The lowest BCUT2D eigenvalue weighted by molar-refractivity contribution is -0.131. The Bertz CT molecular complexity index is 3180. The first-order chi connectivity index (χ1) is 32.9. The zero-order valence-corrected chi connectivity index (χ0v) is 37.1. The van der Waals surface area contributed by atoms with E-state index in [-0.39, 0.29) is 47.1 Å². The van der Waals surface area contributed by atoms with Gasteiger partial charge in [-0.3, -0.25) is 29.6 Å². The molecule has 0 radical (unpaired) electrons. The number of aliphatic hydroxyl groups excluding tert-OH is 2. The first-order valence-corrected chi connectivity index (χ1v) is 22.0. The lowest BCUT2D eigenvalue weighted by Gasteiger charge is -2.36. The number of aromatic nitrogens is 8. The lowest BCUT2D eigenvalue weighted by atomic mass is 9.82. The quantitative estimate of drug-likeness (QED) is 0.108. The Morgan fingerprint density at radius 3 is 2.22 bits per heavy atom. The van der Waals surface area contributed by atoms with E-state index < -0.39 is 12.3 Å². The summed E-state index contributed by atoms with van der Waals surface area (Å²) in [4.78, 5) is 63.1. The minimum Gasteiger partial charge on any atom is -0.389 e. The molecule has 3 atom stereocenters. The normalized spacial score (nSPS) is 17.6. The summed E-state index contributed by atoms with van der Waals surface area (Å²) < 4.78 is 3.28. The van der Waals surface area contributed by atoms with Crippen LogP contribution in [-0.4, -0.2) is 123 Å². The fourth-order valence-corrected chi connectivity index (χ4v) is 8.50. The number of nitrogens with zero attached hydrogens (tertiary/aromatic N) is 12. The predicted octanol–water partition coefficient (Wildman–Crippen LogP) is 4.22. The van der Waals surface area contributed by atoms with Crippen LogP contribution in [0.4, 0.5) is 29.1 Å². The molecule has 20 nitrogen and oxygen atoms in total. The van der Waals surface area contributed by atoms with E-state index in [4.69, 9.17) is 15.1 Å². The number of fused-ring (bicyclic) bond motifs is 2. The van der Waals surface area contributed by atoms with Crippen molar-refractivity contribution in [3.8, 4) is 17.2 Å². The highest BCUT2D eigenvalue weighted by molar-refractivity contribution is 6.06. The van der Waals surface area contributed by atoms with Crippen molar-refractivity contribution >= 4 is 58.1 Å². The molecule has 342 valence electrons. The highest BCUT2D eigenvalue weighted by Gasteiger charge is 2.34. The van der Waals surface area contributed by atoms with Crippen molar-refractivity contribution in [1.29, 1.82) is 5.26 Å². The summed E-state index contributed by atoms with van der Waals surface area (Å²) in [5.74, 6) is -0.0311. The van der Waals surface area contributed by atoms with Crippen molar-refractivity contribution in [2.45, 2.75) is 25.2 Å². The number of likely N-dealkylation sites (tertiary alicyclic amines) is 2. The average Bonchev–Trinajstić information content (AvgIpc) is 3.96. The second-order valence-electron chi connectivity index (χ2n) is 17.0. The van der Waals surface area contributed by atoms with Crippen molar-refractivity contribution in [3.63, 3.8) is 0 Å². The number of pyridine rings is 4. The zero-order chi connectivity index (χ0) is 47.2. The Hall–Kier alpha value is -8.38. The number of benzene rings is 1. The maximum absolute atomic E-state index is 14.3. The number of anilines is 5. The SMILES string of the molecule is CNC(O)c1ccc(Nc2nc3c(C4C=CC(C(=O)N5CC(C#N)C5)=CC4C)ccc(N(C)C(=O)c4ccc(-c5cccn6nc(Nc7ccc(C(=O)N8CC(O)C8)nc7)nc56)cc4)n3n2)cn1. The maximum Gasteiger partial charge on any atom is 0.272 e. The van der Waals surface area contributed by atoms with Crippen molar-refractivity contribution < 1.29 is 24.6 Å². The average molecular weight is 912 g/mol. The molecule has 2 saturated heterocycles. The van der Waals surface area contributed by atoms with Crippen LogP contribution in [0.25, 0.3) is 22.4 Å². The van der Waals surface area contributed by atoms with Gasteiger partial charge >= 0.3 is 0 Å². The molecule has 3 amide bonds. The van der Waals surface area contributed by atoms with Gasteiger partial charge in [0.15, 0.2) is 11.3 Å². The topological polar surface area (TPSA) is 247 Å². The molecule has 8 heterocycles. The Balaban J connectivity index is 0.893. The van der Waals surface area contributed by atoms with E-state index >= 15 is 0 Å². The number of nitriles is 1. The Labute approximate surface area is 388 Å². The third-order valence-electron chi connectivity index (χ3n) is 12.4. The molecule has 1 aliphatic carbocycles. The van der Waals surface area contributed by atoms with Gasteiger partial charge in [0.25, 0.3) is 17.7 Å². The van der Waals surface area contributed by atoms with Crippen LogP contribution >= 0.6 is 0 Å². The number of nitrogens with one attached hydrogen (secondary N) is 3. The summed E-state index contributed by atoms with van der Waals surface area (Å²) in [6.45, 7) is 3.48. The van der Waals surface area contributed by atoms with Crippen LogP contribution in [-0.2, 0) is 4.79 Å². The molecule has 0 saturated carbocycles. The van der Waals surface area contributed by atoms with E-state index in [1.165, 1.54) is 16.0 Å². The predicted molar refractivity (Wildman–Crippen MR) is 250 cm³/mol. The van der Waals surface area contributed by atoms with Crippen molar-refractivity contribution in [1.82, 2.24) is 54.3 Å². The molecule has 0 bridgehead atoms. The molecule has 2 aliphatic heterocycles. The summed E-state index contributed by atoms with van der Waals surface area (Å²) in [6.07, 6.45) is 9.23. The van der Waals surface area contributed by atoms with Gasteiger partial charge in [0.05, 0.1) is 47.6 Å². The highest BCUT2D eigenvalue weighted by atomic mass is 16.3. The fourth-order valence-electron chi connectivity index (χ4n) is 8.50. The number of hydrogen-bond donors (Lipinski definition) is 5. The number of allylic oxidation sites excluding steroid dienone is 2. The van der Waals surface area contributed by atoms with E-state index in [1.807, 2.05) is 61.5 Å². The van der Waals surface area contributed by atoms with E-state index in [2.05, 4.69) is 37.1 Å². The third kappa shape index (κ3) is 8.25. The summed E-state index contributed by atoms with van der Waals surface area (Å²) >= 11 is 0. The van der Waals surface area contributed by atoms with Gasteiger partial charge in [-0.05, 0) is 73.1 Å². The van der Waals surface area contributed by atoms with E-state index in [0.717, 1.165) is 16.7 Å². The van der Waals surface area contributed by atoms with Crippen molar-refractivity contribution in [3.05, 3.63) is 138 Å². The summed E-state index contributed by atoms with van der Waals surface area (Å²) in [7, 11) is 3.31. The summed E-state index contributed by atoms with van der Waals surface area (Å²) in [6, 6.07) is 23.8. The second kappa shape index (κ2) is 17.8. The van der Waals surface area contributed by atoms with Crippen molar-refractivity contribution in [2.75, 3.05) is 55.8 Å². The van der Waals surface area contributed by atoms with E-state index in [1.54, 1.807) is 76.8 Å². The number of aliphatic hydroxyl groups is 2. The maximum atomic E-state index is 14.3. The van der Waals surface area contributed by atoms with Gasteiger partial charge < -0.3 is 30.6 Å². The van der Waals surface area contributed by atoms with Crippen LogP contribution in [0.2, 0.25) is 0 Å². The van der Waals surface area contributed by atoms with Crippen LogP contribution in [0.15, 0.2) is 115 Å². The number of hydrogen-bond acceptors (Lipinski definition) is 15. The Morgan fingerprint density at radius 1 is 0.853 bits per heavy atom. The van der Waals surface area contributed by atoms with E-state index in [9.17, 15) is 29.9 Å². The fraction of sp³-hybridized carbons (Fsp3) is 0.250. The number of carbonyl (C=O) groups excluding carboxylic acids is 3. The molecule has 20 heteroatoms. The molecule has 10 rings (SSSR count). The number of carbonyl (C=O) groups is 3. The molecule has 3 unspecified atom stereocenters. The van der Waals surface area contributed by atoms with Gasteiger partial charge in [-0.25, -0.2) is 9.50 Å². The zero-order valence-electron chi connectivity index (χ0n) is 37.1. The van der Waals surface area contributed by atoms with Crippen LogP contribution in [0, 0.1) is 23.2 Å². The third-order valence-corrected chi connectivity index (χ3v) is 12.4. The molecule has 2 fully saturated rings. The van der Waals surface area contributed by atoms with Crippen LogP contribution in [0.3, 0.4) is 0 Å². The monoisotopic (exact) mass is 911 g/mol. The first kappa shape index (κ1) is 43.5. The minimum absolute atomic E-state index is 0.0988. The Morgan fingerprint density at radius 2 is 1.56 bits per heavy atom. The minimum atomic E-state index is -0.927. The molecule has 6 aromatic heterocycles. The van der Waals surface area contributed by atoms with Gasteiger partial charge in [-0.2, -0.15) is 19.7 Å². The molecule has 68 heavy (non-hydrogen) atoms. The summed E-state index contributed by atoms with van der Waals surface area (Å²) in [5, 5.41) is 47.5. The molecule has 3 aliphatic rings. The molecule has 1 aromatic carbocycles. The van der Waals surface area contributed by atoms with Gasteiger partial charge in [0.2, 0.25) is 11.9 Å². The number of rotatable bonds is 12. The van der Waals surface area contributed by atoms with Crippen LogP contribution in [0.5, 0.6) is 0 Å². The van der Waals surface area contributed by atoms with Crippen LogP contribution < -0.4 is 20.9 Å². The van der Waals surface area contributed by atoms with Gasteiger partial charge in [-0.1, -0.05) is 43.4 Å². The summed E-state index contributed by atoms with van der Waals surface area (Å²) in [5.41, 5.74) is 6.39. The van der Waals surface area contributed by atoms with Gasteiger partial charge in [-0.15, -0.1) is 10.2 Å². The smallest absolute Gasteiger partial charge is 0.272 e.